The SMILES string of the molecule is CN(C)S(=O)(=O)C1CCCNC1. The minimum absolute atomic E-state index is 0.221. The van der Waals surface area contributed by atoms with Gasteiger partial charge in [0.1, 0.15) is 0 Å². The topological polar surface area (TPSA) is 49.4 Å². The van der Waals surface area contributed by atoms with E-state index in [0.29, 0.717) is 6.54 Å². The van der Waals surface area contributed by atoms with Crippen molar-refractivity contribution in [2.45, 2.75) is 18.1 Å². The fourth-order valence-electron chi connectivity index (χ4n) is 1.37. The zero-order valence-electron chi connectivity index (χ0n) is 7.58. The lowest BCUT2D eigenvalue weighted by atomic mass is 10.2. The van der Waals surface area contributed by atoms with E-state index in [-0.39, 0.29) is 5.25 Å². The zero-order chi connectivity index (χ0) is 9.19. The van der Waals surface area contributed by atoms with E-state index in [4.69, 9.17) is 0 Å². The molecule has 4 nitrogen and oxygen atoms in total. The lowest BCUT2D eigenvalue weighted by Gasteiger charge is -2.25. The molecule has 1 aliphatic rings. The third-order valence-corrected chi connectivity index (χ3v) is 4.44. The molecule has 0 bridgehead atoms. The van der Waals surface area contributed by atoms with Gasteiger partial charge in [0, 0.05) is 20.6 Å². The van der Waals surface area contributed by atoms with Crippen molar-refractivity contribution in [1.29, 1.82) is 0 Å². The first-order valence-corrected chi connectivity index (χ1v) is 5.67. The van der Waals surface area contributed by atoms with Gasteiger partial charge in [-0.25, -0.2) is 12.7 Å². The third kappa shape index (κ3) is 1.97. The molecule has 1 aliphatic heterocycles. The number of piperidine rings is 1. The van der Waals surface area contributed by atoms with Crippen molar-refractivity contribution in [2.24, 2.45) is 0 Å². The molecule has 0 aliphatic carbocycles. The van der Waals surface area contributed by atoms with E-state index in [9.17, 15) is 8.42 Å². The van der Waals surface area contributed by atoms with Gasteiger partial charge >= 0.3 is 0 Å². The van der Waals surface area contributed by atoms with E-state index in [1.54, 1.807) is 14.1 Å². The Balaban J connectivity index is 2.67. The van der Waals surface area contributed by atoms with E-state index in [2.05, 4.69) is 5.32 Å². The highest BCUT2D eigenvalue weighted by Gasteiger charge is 2.28. The molecule has 5 heteroatoms. The molecule has 0 radical (unpaired) electrons. The fraction of sp³-hybridized carbons (Fsp3) is 1.00. The monoisotopic (exact) mass is 192 g/mol. The molecule has 1 rings (SSSR count). The summed E-state index contributed by atoms with van der Waals surface area (Å²) in [5.41, 5.74) is 0. The summed E-state index contributed by atoms with van der Waals surface area (Å²) in [5.74, 6) is 0. The second-order valence-electron chi connectivity index (χ2n) is 3.30. The highest BCUT2D eigenvalue weighted by atomic mass is 32.2. The molecule has 0 aromatic carbocycles. The lowest BCUT2D eigenvalue weighted by Crippen LogP contribution is -2.43. The van der Waals surface area contributed by atoms with Crippen LogP contribution in [0.4, 0.5) is 0 Å². The van der Waals surface area contributed by atoms with Crippen LogP contribution >= 0.6 is 0 Å². The predicted octanol–water partition coefficient (Wildman–Crippen LogP) is -0.370. The summed E-state index contributed by atoms with van der Waals surface area (Å²) >= 11 is 0. The largest absolute Gasteiger partial charge is 0.315 e. The van der Waals surface area contributed by atoms with Crippen LogP contribution in [0.1, 0.15) is 12.8 Å². The van der Waals surface area contributed by atoms with Crippen molar-refractivity contribution in [3.05, 3.63) is 0 Å². The first-order chi connectivity index (χ1) is 5.55. The first kappa shape index (κ1) is 9.95. The Morgan fingerprint density at radius 3 is 2.50 bits per heavy atom. The molecule has 0 aromatic heterocycles. The number of hydrogen-bond acceptors (Lipinski definition) is 3. The standard InChI is InChI=1S/C7H16N2O2S/c1-9(2)12(10,11)7-4-3-5-8-6-7/h7-8H,3-6H2,1-2H3. The normalized spacial score (nSPS) is 26.1. The second kappa shape index (κ2) is 3.72. The molecule has 1 heterocycles. The molecule has 72 valence electrons. The van der Waals surface area contributed by atoms with Crippen LogP contribution in [0.25, 0.3) is 0 Å². The molecule has 0 amide bonds. The minimum Gasteiger partial charge on any atom is -0.315 e. The maximum Gasteiger partial charge on any atom is 0.217 e. The van der Waals surface area contributed by atoms with E-state index < -0.39 is 10.0 Å². The quantitative estimate of drug-likeness (QED) is 0.649. The molecule has 0 saturated carbocycles. The van der Waals surface area contributed by atoms with Crippen molar-refractivity contribution >= 4 is 10.0 Å². The van der Waals surface area contributed by atoms with Crippen molar-refractivity contribution in [1.82, 2.24) is 9.62 Å². The van der Waals surface area contributed by atoms with Crippen LogP contribution in [0, 0.1) is 0 Å². The van der Waals surface area contributed by atoms with Crippen LogP contribution in [0.5, 0.6) is 0 Å². The molecule has 0 aromatic rings. The van der Waals surface area contributed by atoms with Crippen LogP contribution in [0.2, 0.25) is 0 Å². The van der Waals surface area contributed by atoms with Crippen molar-refractivity contribution in [3.63, 3.8) is 0 Å². The smallest absolute Gasteiger partial charge is 0.217 e. The average Bonchev–Trinajstić information content (AvgIpc) is 2.06. The van der Waals surface area contributed by atoms with Crippen molar-refractivity contribution < 1.29 is 8.42 Å². The molecule has 1 unspecified atom stereocenters. The lowest BCUT2D eigenvalue weighted by molar-refractivity contribution is 0.459. The minimum atomic E-state index is -3.03. The summed E-state index contributed by atoms with van der Waals surface area (Å²) in [6, 6.07) is 0. The third-order valence-electron chi connectivity index (χ3n) is 2.18. The summed E-state index contributed by atoms with van der Waals surface area (Å²) < 4.78 is 24.5. The summed E-state index contributed by atoms with van der Waals surface area (Å²) in [6.07, 6.45) is 1.74. The summed E-state index contributed by atoms with van der Waals surface area (Å²) in [4.78, 5) is 0. The van der Waals surface area contributed by atoms with Gasteiger partial charge in [0.05, 0.1) is 5.25 Å². The van der Waals surface area contributed by atoms with Crippen LogP contribution < -0.4 is 5.32 Å². The Bertz CT molecular complexity index is 230. The molecular formula is C7H16N2O2S. The van der Waals surface area contributed by atoms with Crippen LogP contribution in [0.3, 0.4) is 0 Å². The highest BCUT2D eigenvalue weighted by Crippen LogP contribution is 2.13. The number of nitrogens with zero attached hydrogens (tertiary/aromatic N) is 1. The maximum absolute atomic E-state index is 11.6. The van der Waals surface area contributed by atoms with Gasteiger partial charge < -0.3 is 5.32 Å². The van der Waals surface area contributed by atoms with Gasteiger partial charge in [-0.2, -0.15) is 0 Å². The molecule has 1 N–H and O–H groups in total. The number of nitrogens with one attached hydrogen (secondary N) is 1. The number of hydrogen-bond donors (Lipinski definition) is 1. The van der Waals surface area contributed by atoms with Crippen molar-refractivity contribution in [2.75, 3.05) is 27.2 Å². The summed E-state index contributed by atoms with van der Waals surface area (Å²) in [5, 5.41) is 2.87. The summed E-state index contributed by atoms with van der Waals surface area (Å²) in [7, 11) is 0.145. The van der Waals surface area contributed by atoms with E-state index >= 15 is 0 Å². The van der Waals surface area contributed by atoms with Gasteiger partial charge in [-0.15, -0.1) is 0 Å². The predicted molar refractivity (Wildman–Crippen MR) is 48.5 cm³/mol. The van der Waals surface area contributed by atoms with Gasteiger partial charge in [0.15, 0.2) is 0 Å². The molecule has 1 saturated heterocycles. The van der Waals surface area contributed by atoms with E-state index in [1.165, 1.54) is 4.31 Å². The van der Waals surface area contributed by atoms with E-state index in [1.807, 2.05) is 0 Å². The van der Waals surface area contributed by atoms with Crippen LogP contribution in [-0.4, -0.2) is 45.2 Å². The summed E-state index contributed by atoms with van der Waals surface area (Å²) in [6.45, 7) is 1.54. The Morgan fingerprint density at radius 1 is 1.42 bits per heavy atom. The Kier molecular flexibility index (Phi) is 3.09. The van der Waals surface area contributed by atoms with Gasteiger partial charge in [-0.3, -0.25) is 0 Å². The van der Waals surface area contributed by atoms with Gasteiger partial charge in [0.25, 0.3) is 0 Å². The molecule has 12 heavy (non-hydrogen) atoms. The van der Waals surface area contributed by atoms with Crippen molar-refractivity contribution in [3.8, 4) is 0 Å². The van der Waals surface area contributed by atoms with Gasteiger partial charge in [-0.05, 0) is 19.4 Å². The van der Waals surface area contributed by atoms with Gasteiger partial charge in [-0.1, -0.05) is 0 Å². The number of rotatable bonds is 2. The van der Waals surface area contributed by atoms with Crippen LogP contribution in [-0.2, 0) is 10.0 Å². The Labute approximate surface area is 74.0 Å². The van der Waals surface area contributed by atoms with E-state index in [0.717, 1.165) is 19.4 Å². The van der Waals surface area contributed by atoms with Crippen LogP contribution in [0.15, 0.2) is 0 Å². The fourth-order valence-corrected chi connectivity index (χ4v) is 2.76. The maximum atomic E-state index is 11.6. The first-order valence-electron chi connectivity index (χ1n) is 4.17. The van der Waals surface area contributed by atoms with Gasteiger partial charge in [0.2, 0.25) is 10.0 Å². The average molecular weight is 192 g/mol. The Morgan fingerprint density at radius 2 is 2.08 bits per heavy atom. The highest BCUT2D eigenvalue weighted by molar-refractivity contribution is 7.89. The molecule has 1 fully saturated rings. The molecule has 0 spiro atoms. The second-order valence-corrected chi connectivity index (χ2v) is 5.72. The Hall–Kier alpha value is -0.130. The molecular weight excluding hydrogens is 176 g/mol. The zero-order valence-corrected chi connectivity index (χ0v) is 8.39. The molecule has 1 atom stereocenters. The number of sulfonamides is 1.